The first-order valence-electron chi connectivity index (χ1n) is 12.6. The molecule has 1 N–H and O–H groups in total. The molecule has 1 fully saturated rings. The van der Waals surface area contributed by atoms with Crippen molar-refractivity contribution in [1.29, 1.82) is 5.26 Å². The third-order valence-electron chi connectivity index (χ3n) is 6.36. The summed E-state index contributed by atoms with van der Waals surface area (Å²) in [6, 6.07) is 5.17. The highest BCUT2D eigenvalue weighted by Gasteiger charge is 2.28. The zero-order valence-corrected chi connectivity index (χ0v) is 22.3. The number of nitrogens with zero attached hydrogens (tertiary/aromatic N) is 6. The average molecular weight is 536 g/mol. The van der Waals surface area contributed by atoms with Crippen LogP contribution in [-0.2, 0) is 22.6 Å². The first-order valence-corrected chi connectivity index (χ1v) is 12.6. The SMILES string of the molecule is C=O.CN(CC=O)CCN(C)Cc1cc2c(nc1C=O)N(C(=O)Nc1cc(OC3CC3)c(C#N)cn1)CCC2. The first kappa shape index (κ1) is 29.3. The van der Waals surface area contributed by atoms with Crippen molar-refractivity contribution in [2.45, 2.75) is 38.3 Å². The lowest BCUT2D eigenvalue weighted by molar-refractivity contribution is -0.108. The number of nitriles is 1. The molecule has 0 saturated heterocycles. The first-order chi connectivity index (χ1) is 18.9. The number of carbonyl (C=O) groups excluding carboxylic acids is 4. The normalized spacial score (nSPS) is 14.1. The van der Waals surface area contributed by atoms with Crippen molar-refractivity contribution in [1.82, 2.24) is 19.8 Å². The fraction of sp³-hybridized carbons (Fsp3) is 0.444. The Hall–Kier alpha value is -4.21. The van der Waals surface area contributed by atoms with E-state index in [1.807, 2.05) is 31.9 Å². The molecule has 0 unspecified atom stereocenters. The Kier molecular flexibility index (Phi) is 10.6. The Bertz CT molecular complexity index is 1230. The third kappa shape index (κ3) is 7.89. The van der Waals surface area contributed by atoms with E-state index in [9.17, 15) is 19.6 Å². The summed E-state index contributed by atoms with van der Waals surface area (Å²) in [5.74, 6) is 1.15. The minimum Gasteiger partial charge on any atom is -0.489 e. The van der Waals surface area contributed by atoms with E-state index in [-0.39, 0.29) is 11.9 Å². The Morgan fingerprint density at radius 1 is 1.26 bits per heavy atom. The number of aryl methyl sites for hydroxylation is 1. The van der Waals surface area contributed by atoms with Gasteiger partial charge in [-0.25, -0.2) is 14.8 Å². The molecule has 12 heteroatoms. The molecule has 1 aliphatic carbocycles. The van der Waals surface area contributed by atoms with Gasteiger partial charge in [0, 0.05) is 32.2 Å². The number of hydrogen-bond acceptors (Lipinski definition) is 10. The number of carbonyl (C=O) groups is 4. The summed E-state index contributed by atoms with van der Waals surface area (Å²) in [5.41, 5.74) is 2.31. The molecular weight excluding hydrogens is 502 g/mol. The van der Waals surface area contributed by atoms with Crippen LogP contribution < -0.4 is 15.0 Å². The van der Waals surface area contributed by atoms with E-state index in [1.54, 1.807) is 6.07 Å². The standard InChI is InChI=1S/C26H31N7O4.CH2O/c1-31(10-11-34)8-9-32(2)16-19-12-18-4-3-7-33(25(18)29-22(19)17-35)26(36)30-24-13-23(37-21-5-6-21)20(14-27)15-28-24;1-2/h11-13,15,17,21H,3-10,16H2,1-2H3,(H,28,30,36);1H2. The van der Waals surface area contributed by atoms with Crippen LogP contribution >= 0.6 is 0 Å². The molecule has 0 aromatic carbocycles. The van der Waals surface area contributed by atoms with Gasteiger partial charge < -0.3 is 19.2 Å². The molecule has 2 amide bonds. The van der Waals surface area contributed by atoms with Crippen molar-refractivity contribution in [3.63, 3.8) is 0 Å². The zero-order valence-electron chi connectivity index (χ0n) is 22.3. The maximum absolute atomic E-state index is 13.2. The van der Waals surface area contributed by atoms with Crippen LogP contribution in [0.3, 0.4) is 0 Å². The molecule has 4 rings (SSSR count). The smallest absolute Gasteiger partial charge is 0.328 e. The molecule has 0 atom stereocenters. The number of rotatable bonds is 11. The number of nitrogens with one attached hydrogen (secondary N) is 1. The molecule has 2 aromatic heterocycles. The average Bonchev–Trinajstić information content (AvgIpc) is 3.76. The Balaban J connectivity index is 0.00000205. The van der Waals surface area contributed by atoms with Crippen LogP contribution in [0.5, 0.6) is 5.75 Å². The fourth-order valence-electron chi connectivity index (χ4n) is 4.14. The molecule has 0 spiro atoms. The van der Waals surface area contributed by atoms with Gasteiger partial charge in [0.15, 0.2) is 6.29 Å². The number of amides is 2. The Labute approximate surface area is 227 Å². The largest absolute Gasteiger partial charge is 0.489 e. The molecule has 2 aliphatic rings. The monoisotopic (exact) mass is 535 g/mol. The number of aldehydes is 2. The van der Waals surface area contributed by atoms with Crippen LogP contribution in [0.1, 0.15) is 46.4 Å². The van der Waals surface area contributed by atoms with E-state index >= 15 is 0 Å². The summed E-state index contributed by atoms with van der Waals surface area (Å²) in [7, 11) is 3.84. The Morgan fingerprint density at radius 2 is 2.00 bits per heavy atom. The van der Waals surface area contributed by atoms with Gasteiger partial charge in [-0.3, -0.25) is 19.9 Å². The molecule has 1 saturated carbocycles. The third-order valence-corrected chi connectivity index (χ3v) is 6.36. The van der Waals surface area contributed by atoms with E-state index in [0.717, 1.165) is 62.5 Å². The molecular formula is C27H33N7O5. The highest BCUT2D eigenvalue weighted by atomic mass is 16.5. The number of likely N-dealkylation sites (N-methyl/N-ethyl adjacent to an activating group) is 2. The van der Waals surface area contributed by atoms with Crippen LogP contribution in [0.15, 0.2) is 18.3 Å². The number of ether oxygens (including phenoxy) is 1. The van der Waals surface area contributed by atoms with Crippen molar-refractivity contribution in [3.05, 3.63) is 40.7 Å². The second-order valence-electron chi connectivity index (χ2n) is 9.48. The molecule has 206 valence electrons. The number of anilines is 2. The Morgan fingerprint density at radius 3 is 2.67 bits per heavy atom. The van der Waals surface area contributed by atoms with Gasteiger partial charge in [0.1, 0.15) is 47.8 Å². The molecule has 12 nitrogen and oxygen atoms in total. The summed E-state index contributed by atoms with van der Waals surface area (Å²) in [4.78, 5) is 58.1. The van der Waals surface area contributed by atoms with Crippen LogP contribution in [0.2, 0.25) is 0 Å². The van der Waals surface area contributed by atoms with Gasteiger partial charge in [-0.05, 0) is 57.0 Å². The topological polar surface area (TPSA) is 149 Å². The lowest BCUT2D eigenvalue weighted by Crippen LogP contribution is -2.40. The maximum Gasteiger partial charge on any atom is 0.328 e. The maximum atomic E-state index is 13.2. The zero-order chi connectivity index (χ0) is 28.4. The minimum absolute atomic E-state index is 0.100. The second-order valence-corrected chi connectivity index (χ2v) is 9.48. The van der Waals surface area contributed by atoms with Crippen LogP contribution in [0.4, 0.5) is 16.4 Å². The molecule has 39 heavy (non-hydrogen) atoms. The number of urea groups is 1. The minimum atomic E-state index is -0.414. The van der Waals surface area contributed by atoms with Crippen LogP contribution in [0, 0.1) is 11.3 Å². The number of fused-ring (bicyclic) bond motifs is 1. The van der Waals surface area contributed by atoms with Crippen LogP contribution in [-0.4, -0.2) is 91.5 Å². The van der Waals surface area contributed by atoms with Gasteiger partial charge in [-0.15, -0.1) is 0 Å². The van der Waals surface area contributed by atoms with Crippen molar-refractivity contribution in [2.24, 2.45) is 0 Å². The van der Waals surface area contributed by atoms with Gasteiger partial charge in [0.05, 0.1) is 18.8 Å². The van der Waals surface area contributed by atoms with Crippen molar-refractivity contribution in [2.75, 3.05) is 50.5 Å². The summed E-state index contributed by atoms with van der Waals surface area (Å²) < 4.78 is 5.79. The lowest BCUT2D eigenvalue weighted by Gasteiger charge is -2.29. The highest BCUT2D eigenvalue weighted by Crippen LogP contribution is 2.31. The van der Waals surface area contributed by atoms with Gasteiger partial charge in [0.2, 0.25) is 0 Å². The van der Waals surface area contributed by atoms with Gasteiger partial charge >= 0.3 is 6.03 Å². The summed E-state index contributed by atoms with van der Waals surface area (Å²) in [5, 5.41) is 12.1. The van der Waals surface area contributed by atoms with Gasteiger partial charge in [-0.1, -0.05) is 0 Å². The molecule has 3 heterocycles. The second kappa shape index (κ2) is 14.1. The summed E-state index contributed by atoms with van der Waals surface area (Å²) in [6.45, 7) is 4.79. The molecule has 0 radical (unpaired) electrons. The van der Waals surface area contributed by atoms with Crippen LogP contribution in [0.25, 0.3) is 0 Å². The quantitative estimate of drug-likeness (QED) is 0.424. The van der Waals surface area contributed by atoms with Crippen molar-refractivity contribution < 1.29 is 23.9 Å². The molecule has 0 bridgehead atoms. The van der Waals surface area contributed by atoms with Gasteiger partial charge in [0.25, 0.3) is 0 Å². The molecule has 2 aromatic rings. The summed E-state index contributed by atoms with van der Waals surface area (Å²) in [6.07, 6.45) is 6.47. The van der Waals surface area contributed by atoms with Crippen molar-refractivity contribution >= 4 is 37.0 Å². The number of pyridine rings is 2. The lowest BCUT2D eigenvalue weighted by atomic mass is 10.0. The van der Waals surface area contributed by atoms with E-state index in [1.165, 1.54) is 11.1 Å². The van der Waals surface area contributed by atoms with E-state index in [2.05, 4.69) is 26.3 Å². The fourth-order valence-corrected chi connectivity index (χ4v) is 4.14. The number of aromatic nitrogens is 2. The van der Waals surface area contributed by atoms with E-state index in [0.29, 0.717) is 42.5 Å². The van der Waals surface area contributed by atoms with Crippen molar-refractivity contribution in [3.8, 4) is 11.8 Å². The predicted octanol–water partition coefficient (Wildman–Crippen LogP) is 2.06. The molecule has 1 aliphatic heterocycles. The van der Waals surface area contributed by atoms with E-state index < -0.39 is 6.03 Å². The number of hydrogen-bond donors (Lipinski definition) is 1. The predicted molar refractivity (Wildman–Crippen MR) is 144 cm³/mol. The highest BCUT2D eigenvalue weighted by molar-refractivity contribution is 6.01. The van der Waals surface area contributed by atoms with E-state index in [4.69, 9.17) is 9.53 Å². The summed E-state index contributed by atoms with van der Waals surface area (Å²) >= 11 is 0. The van der Waals surface area contributed by atoms with Gasteiger partial charge in [-0.2, -0.15) is 5.26 Å².